The van der Waals surface area contributed by atoms with Gasteiger partial charge in [0.1, 0.15) is 0 Å². The molecule has 0 spiro atoms. The number of hydrogen-bond donors (Lipinski definition) is 1. The first-order valence-corrected chi connectivity index (χ1v) is 6.26. The smallest absolute Gasteiger partial charge is 0.00431 e. The van der Waals surface area contributed by atoms with E-state index in [-0.39, 0.29) is 5.41 Å². The van der Waals surface area contributed by atoms with Crippen LogP contribution in [-0.4, -0.2) is 13.1 Å². The number of hydrogen-bond acceptors (Lipinski definition) is 1. The second-order valence-electron chi connectivity index (χ2n) is 5.36. The van der Waals surface area contributed by atoms with Crippen molar-refractivity contribution < 1.29 is 0 Å². The number of rotatable bonds is 5. The molecule has 90 valence electrons. The van der Waals surface area contributed by atoms with Gasteiger partial charge in [0.15, 0.2) is 0 Å². The van der Waals surface area contributed by atoms with E-state index in [0.29, 0.717) is 0 Å². The van der Waals surface area contributed by atoms with Crippen LogP contribution in [-0.2, 0) is 5.41 Å². The second-order valence-corrected chi connectivity index (χ2v) is 5.36. The van der Waals surface area contributed by atoms with Crippen molar-refractivity contribution in [3.05, 3.63) is 34.9 Å². The first-order valence-electron chi connectivity index (χ1n) is 6.26. The molecule has 1 N–H and O–H groups in total. The van der Waals surface area contributed by atoms with Crippen LogP contribution < -0.4 is 5.32 Å². The molecular formula is C15H25N. The molecule has 1 nitrogen and oxygen atoms in total. The summed E-state index contributed by atoms with van der Waals surface area (Å²) < 4.78 is 0. The van der Waals surface area contributed by atoms with Gasteiger partial charge < -0.3 is 5.32 Å². The highest BCUT2D eigenvalue weighted by Crippen LogP contribution is 2.24. The SMILES string of the molecule is CCCNCC(C)(C)c1ccc(C)c(C)c1. The molecule has 0 atom stereocenters. The van der Waals surface area contributed by atoms with Gasteiger partial charge in [-0.25, -0.2) is 0 Å². The van der Waals surface area contributed by atoms with Gasteiger partial charge in [-0.05, 0) is 43.5 Å². The monoisotopic (exact) mass is 219 g/mol. The topological polar surface area (TPSA) is 12.0 Å². The molecule has 0 aliphatic rings. The first kappa shape index (κ1) is 13.2. The molecule has 1 aromatic rings. The van der Waals surface area contributed by atoms with E-state index in [0.717, 1.165) is 13.1 Å². The lowest BCUT2D eigenvalue weighted by Crippen LogP contribution is -2.33. The van der Waals surface area contributed by atoms with Crippen molar-refractivity contribution in [3.8, 4) is 0 Å². The number of aryl methyl sites for hydroxylation is 2. The van der Waals surface area contributed by atoms with Crippen LogP contribution in [0.3, 0.4) is 0 Å². The van der Waals surface area contributed by atoms with Crippen molar-refractivity contribution in [2.24, 2.45) is 0 Å². The van der Waals surface area contributed by atoms with Crippen molar-refractivity contribution in [2.75, 3.05) is 13.1 Å². The van der Waals surface area contributed by atoms with Gasteiger partial charge in [-0.15, -0.1) is 0 Å². The third kappa shape index (κ3) is 3.34. The molecule has 0 aromatic heterocycles. The normalized spacial score (nSPS) is 11.8. The van der Waals surface area contributed by atoms with E-state index in [1.54, 1.807) is 0 Å². The van der Waals surface area contributed by atoms with E-state index in [9.17, 15) is 0 Å². The molecule has 0 saturated carbocycles. The van der Waals surface area contributed by atoms with E-state index in [1.165, 1.54) is 23.1 Å². The molecule has 0 unspecified atom stereocenters. The zero-order valence-corrected chi connectivity index (χ0v) is 11.4. The summed E-state index contributed by atoms with van der Waals surface area (Å²) in [5, 5.41) is 3.51. The highest BCUT2D eigenvalue weighted by Gasteiger charge is 2.20. The largest absolute Gasteiger partial charge is 0.316 e. The summed E-state index contributed by atoms with van der Waals surface area (Å²) in [6, 6.07) is 6.81. The molecule has 0 aliphatic carbocycles. The van der Waals surface area contributed by atoms with Gasteiger partial charge in [-0.1, -0.05) is 39.0 Å². The minimum atomic E-state index is 0.216. The van der Waals surface area contributed by atoms with Gasteiger partial charge >= 0.3 is 0 Å². The van der Waals surface area contributed by atoms with Crippen molar-refractivity contribution in [3.63, 3.8) is 0 Å². The standard InChI is InChI=1S/C15H25N/c1-6-9-16-11-15(4,5)14-8-7-12(2)13(3)10-14/h7-8,10,16H,6,9,11H2,1-5H3. The van der Waals surface area contributed by atoms with Crippen molar-refractivity contribution in [1.29, 1.82) is 0 Å². The van der Waals surface area contributed by atoms with Crippen molar-refractivity contribution in [2.45, 2.75) is 46.5 Å². The summed E-state index contributed by atoms with van der Waals surface area (Å²) in [5.41, 5.74) is 4.41. The molecule has 0 amide bonds. The fourth-order valence-corrected chi connectivity index (χ4v) is 1.84. The van der Waals surface area contributed by atoms with Crippen LogP contribution in [0.15, 0.2) is 18.2 Å². The van der Waals surface area contributed by atoms with Crippen LogP contribution in [0.2, 0.25) is 0 Å². The minimum absolute atomic E-state index is 0.216. The van der Waals surface area contributed by atoms with E-state index in [2.05, 4.69) is 58.1 Å². The van der Waals surface area contributed by atoms with E-state index in [4.69, 9.17) is 0 Å². The number of nitrogens with one attached hydrogen (secondary N) is 1. The summed E-state index contributed by atoms with van der Waals surface area (Å²) >= 11 is 0. The molecular weight excluding hydrogens is 194 g/mol. The Morgan fingerprint density at radius 3 is 2.38 bits per heavy atom. The molecule has 1 rings (SSSR count). The Labute approximate surface area is 100 Å². The Kier molecular flexibility index (Phi) is 4.55. The molecule has 0 heterocycles. The van der Waals surface area contributed by atoms with Crippen LogP contribution in [0, 0.1) is 13.8 Å². The predicted octanol–water partition coefficient (Wildman–Crippen LogP) is 3.58. The summed E-state index contributed by atoms with van der Waals surface area (Å²) in [7, 11) is 0. The molecule has 1 heteroatoms. The van der Waals surface area contributed by atoms with Crippen LogP contribution in [0.5, 0.6) is 0 Å². The number of benzene rings is 1. The van der Waals surface area contributed by atoms with Crippen LogP contribution in [0.25, 0.3) is 0 Å². The molecule has 0 bridgehead atoms. The van der Waals surface area contributed by atoms with Gasteiger partial charge in [0.05, 0.1) is 0 Å². The molecule has 0 saturated heterocycles. The third-order valence-electron chi connectivity index (χ3n) is 3.28. The average molecular weight is 219 g/mol. The Hall–Kier alpha value is -0.820. The highest BCUT2D eigenvalue weighted by molar-refractivity contribution is 5.34. The van der Waals surface area contributed by atoms with Crippen molar-refractivity contribution in [1.82, 2.24) is 5.32 Å². The average Bonchev–Trinajstić information content (AvgIpc) is 2.22. The van der Waals surface area contributed by atoms with Gasteiger partial charge in [0.25, 0.3) is 0 Å². The molecule has 1 aromatic carbocycles. The van der Waals surface area contributed by atoms with Gasteiger partial charge in [-0.3, -0.25) is 0 Å². The van der Waals surface area contributed by atoms with E-state index in [1.807, 2.05) is 0 Å². The van der Waals surface area contributed by atoms with Crippen LogP contribution in [0.1, 0.15) is 43.9 Å². The lowest BCUT2D eigenvalue weighted by Gasteiger charge is -2.26. The minimum Gasteiger partial charge on any atom is -0.316 e. The maximum absolute atomic E-state index is 3.51. The Morgan fingerprint density at radius 2 is 1.81 bits per heavy atom. The van der Waals surface area contributed by atoms with E-state index >= 15 is 0 Å². The summed E-state index contributed by atoms with van der Waals surface area (Å²) in [6.07, 6.45) is 1.20. The molecule has 0 radical (unpaired) electrons. The Morgan fingerprint density at radius 1 is 1.12 bits per heavy atom. The fourth-order valence-electron chi connectivity index (χ4n) is 1.84. The maximum atomic E-state index is 3.51. The summed E-state index contributed by atoms with van der Waals surface area (Å²) in [4.78, 5) is 0. The maximum Gasteiger partial charge on any atom is 0.00431 e. The zero-order chi connectivity index (χ0) is 12.2. The van der Waals surface area contributed by atoms with Gasteiger partial charge in [-0.2, -0.15) is 0 Å². The molecule has 0 aliphatic heterocycles. The second kappa shape index (κ2) is 5.49. The Balaban J connectivity index is 2.76. The van der Waals surface area contributed by atoms with Crippen LogP contribution >= 0.6 is 0 Å². The summed E-state index contributed by atoms with van der Waals surface area (Å²) in [6.45, 7) is 13.3. The van der Waals surface area contributed by atoms with E-state index < -0.39 is 0 Å². The Bertz CT molecular complexity index is 339. The third-order valence-corrected chi connectivity index (χ3v) is 3.28. The summed E-state index contributed by atoms with van der Waals surface area (Å²) in [5.74, 6) is 0. The van der Waals surface area contributed by atoms with Gasteiger partial charge in [0.2, 0.25) is 0 Å². The lowest BCUT2D eigenvalue weighted by molar-refractivity contribution is 0.469. The van der Waals surface area contributed by atoms with Crippen LogP contribution in [0.4, 0.5) is 0 Å². The molecule has 0 fully saturated rings. The lowest BCUT2D eigenvalue weighted by atomic mass is 9.83. The molecule has 16 heavy (non-hydrogen) atoms. The van der Waals surface area contributed by atoms with Crippen molar-refractivity contribution >= 4 is 0 Å². The fraction of sp³-hybridized carbons (Fsp3) is 0.600. The quantitative estimate of drug-likeness (QED) is 0.746. The highest BCUT2D eigenvalue weighted by atomic mass is 14.9. The first-order chi connectivity index (χ1) is 7.47. The van der Waals surface area contributed by atoms with Gasteiger partial charge in [0, 0.05) is 12.0 Å². The zero-order valence-electron chi connectivity index (χ0n) is 11.4. The predicted molar refractivity (Wildman–Crippen MR) is 72.1 cm³/mol.